The zero-order valence-corrected chi connectivity index (χ0v) is 14.0. The lowest BCUT2D eigenvalue weighted by atomic mass is 10.0. The van der Waals surface area contributed by atoms with Gasteiger partial charge in [0.25, 0.3) is 0 Å². The number of ether oxygens (including phenoxy) is 1. The summed E-state index contributed by atoms with van der Waals surface area (Å²) in [6.45, 7) is 0.455. The Hall–Kier alpha value is -1.50. The van der Waals surface area contributed by atoms with Gasteiger partial charge in [0, 0.05) is 39.5 Å². The lowest BCUT2D eigenvalue weighted by molar-refractivity contribution is -0.125. The van der Waals surface area contributed by atoms with E-state index in [0.29, 0.717) is 32.2 Å². The van der Waals surface area contributed by atoms with Crippen LogP contribution in [0.4, 0.5) is 0 Å². The molecule has 23 heavy (non-hydrogen) atoms. The second kappa shape index (κ2) is 6.95. The quantitative estimate of drug-likeness (QED) is 0.613. The normalized spacial score (nSPS) is 27.1. The molecule has 0 saturated carbocycles. The van der Waals surface area contributed by atoms with Crippen LogP contribution in [0.25, 0.3) is 0 Å². The molecule has 8 nitrogen and oxygen atoms in total. The fourth-order valence-corrected chi connectivity index (χ4v) is 4.43. The summed E-state index contributed by atoms with van der Waals surface area (Å²) in [7, 11) is -2.39. The molecule has 1 atom stereocenters. The van der Waals surface area contributed by atoms with Gasteiger partial charge in [-0.2, -0.15) is 10.2 Å². The topological polar surface area (TPSA) is 109 Å². The van der Waals surface area contributed by atoms with Crippen LogP contribution in [0.2, 0.25) is 0 Å². The number of nitrogens with zero attached hydrogens (tertiary/aromatic N) is 2. The lowest BCUT2D eigenvalue weighted by Gasteiger charge is -2.34. The fraction of sp³-hybridized carbons (Fsp3) is 0.786. The van der Waals surface area contributed by atoms with Crippen LogP contribution in [0.1, 0.15) is 32.1 Å². The van der Waals surface area contributed by atoms with Crippen molar-refractivity contribution in [2.75, 3.05) is 26.8 Å². The van der Waals surface area contributed by atoms with Crippen LogP contribution in [-0.2, 0) is 19.6 Å². The maximum atomic E-state index is 12.5. The van der Waals surface area contributed by atoms with E-state index in [9.17, 15) is 13.2 Å². The molecule has 0 aromatic heterocycles. The average molecular weight is 342 g/mol. The van der Waals surface area contributed by atoms with Gasteiger partial charge in [-0.05, 0) is 12.8 Å². The van der Waals surface area contributed by atoms with Crippen molar-refractivity contribution in [1.29, 1.82) is 0 Å². The molecule has 2 aliphatic heterocycles. The minimum Gasteiger partial charge on any atom is -0.382 e. The zero-order valence-electron chi connectivity index (χ0n) is 13.2. The van der Waals surface area contributed by atoms with E-state index in [0.717, 1.165) is 0 Å². The van der Waals surface area contributed by atoms with E-state index in [1.807, 2.05) is 0 Å². The Morgan fingerprint density at radius 1 is 1.43 bits per heavy atom. The third-order valence-electron chi connectivity index (χ3n) is 4.22. The maximum Gasteiger partial charge on any atom is 0.245 e. The Morgan fingerprint density at radius 2 is 2.17 bits per heavy atom. The summed E-state index contributed by atoms with van der Waals surface area (Å²) in [5.41, 5.74) is -0.502. The van der Waals surface area contributed by atoms with Gasteiger partial charge < -0.3 is 10.1 Å². The maximum absolute atomic E-state index is 12.5. The largest absolute Gasteiger partial charge is 0.382 e. The van der Waals surface area contributed by atoms with Crippen molar-refractivity contribution >= 4 is 15.9 Å². The number of sulfonamides is 1. The van der Waals surface area contributed by atoms with E-state index in [-0.39, 0.29) is 19.6 Å². The summed E-state index contributed by atoms with van der Waals surface area (Å²) in [6, 6.07) is 0. The van der Waals surface area contributed by atoms with Crippen molar-refractivity contribution in [2.45, 2.75) is 42.5 Å². The summed E-state index contributed by atoms with van der Waals surface area (Å²) >= 11 is 0. The Kier molecular flexibility index (Phi) is 5.39. The van der Waals surface area contributed by atoms with Gasteiger partial charge in [0.1, 0.15) is 0 Å². The minimum absolute atomic E-state index is 0.175. The van der Waals surface area contributed by atoms with Gasteiger partial charge in [-0.3, -0.25) is 4.79 Å². The molecule has 1 unspecified atom stereocenters. The first-order valence-electron chi connectivity index (χ1n) is 7.55. The van der Waals surface area contributed by atoms with Crippen molar-refractivity contribution in [3.63, 3.8) is 0 Å². The summed E-state index contributed by atoms with van der Waals surface area (Å²) < 4.78 is 30.5. The number of terminal acetylenes is 1. The zero-order chi connectivity index (χ0) is 17.0. The van der Waals surface area contributed by atoms with Gasteiger partial charge >= 0.3 is 0 Å². The summed E-state index contributed by atoms with van der Waals surface area (Å²) in [5.74, 6) is 1.99. The van der Waals surface area contributed by atoms with E-state index in [2.05, 4.69) is 26.2 Å². The highest BCUT2D eigenvalue weighted by atomic mass is 32.2. The fourth-order valence-electron chi connectivity index (χ4n) is 2.74. The van der Waals surface area contributed by atoms with E-state index < -0.39 is 26.3 Å². The first kappa shape index (κ1) is 17.8. The lowest BCUT2D eigenvalue weighted by Crippen LogP contribution is -2.62. The molecular formula is C14H22N4O4S. The minimum atomic E-state index is -3.77. The highest BCUT2D eigenvalue weighted by Gasteiger charge is 2.52. The van der Waals surface area contributed by atoms with Crippen LogP contribution in [0.15, 0.2) is 10.2 Å². The molecule has 0 aromatic carbocycles. The highest BCUT2D eigenvalue weighted by Crippen LogP contribution is 2.36. The van der Waals surface area contributed by atoms with E-state index in [4.69, 9.17) is 11.2 Å². The number of hydrogen-bond donors (Lipinski definition) is 2. The molecule has 2 rings (SSSR count). The average Bonchev–Trinajstić information content (AvgIpc) is 3.27. The SMILES string of the molecule is C#CCCC1(CCNC(=O)C2(COC)CCCNS2(=O)=O)N=N1. The molecule has 1 fully saturated rings. The number of rotatable bonds is 8. The number of methoxy groups -OCH3 is 1. The van der Waals surface area contributed by atoms with Gasteiger partial charge in [0.05, 0.1) is 6.61 Å². The monoisotopic (exact) mass is 342 g/mol. The van der Waals surface area contributed by atoms with Crippen molar-refractivity contribution in [3.8, 4) is 12.3 Å². The Balaban J connectivity index is 1.96. The summed E-state index contributed by atoms with van der Waals surface area (Å²) in [4.78, 5) is 12.5. The van der Waals surface area contributed by atoms with Crippen molar-refractivity contribution in [2.24, 2.45) is 10.2 Å². The van der Waals surface area contributed by atoms with Gasteiger partial charge in [-0.1, -0.05) is 0 Å². The molecule has 1 amide bonds. The van der Waals surface area contributed by atoms with Crippen LogP contribution >= 0.6 is 0 Å². The number of amides is 1. The van der Waals surface area contributed by atoms with Crippen molar-refractivity contribution in [1.82, 2.24) is 10.0 Å². The molecule has 0 radical (unpaired) electrons. The van der Waals surface area contributed by atoms with Crippen LogP contribution in [0, 0.1) is 12.3 Å². The van der Waals surface area contributed by atoms with Crippen LogP contribution < -0.4 is 10.0 Å². The third-order valence-corrected chi connectivity index (χ3v) is 6.34. The van der Waals surface area contributed by atoms with Crippen molar-refractivity contribution < 1.29 is 17.9 Å². The predicted molar refractivity (Wildman–Crippen MR) is 84.0 cm³/mol. The highest BCUT2D eigenvalue weighted by molar-refractivity contribution is 7.91. The van der Waals surface area contributed by atoms with Gasteiger partial charge in [0.15, 0.2) is 10.4 Å². The molecule has 0 aromatic rings. The van der Waals surface area contributed by atoms with Crippen molar-refractivity contribution in [3.05, 3.63) is 0 Å². The molecule has 2 aliphatic rings. The van der Waals surface area contributed by atoms with Gasteiger partial charge in [0.2, 0.25) is 15.9 Å². The summed E-state index contributed by atoms with van der Waals surface area (Å²) in [6.07, 6.45) is 7.77. The molecule has 0 spiro atoms. The van der Waals surface area contributed by atoms with Gasteiger partial charge in [-0.25, -0.2) is 13.1 Å². The second-order valence-electron chi connectivity index (χ2n) is 5.82. The molecule has 128 valence electrons. The van der Waals surface area contributed by atoms with E-state index >= 15 is 0 Å². The van der Waals surface area contributed by atoms with Crippen LogP contribution in [-0.4, -0.2) is 51.5 Å². The molecule has 2 heterocycles. The first-order chi connectivity index (χ1) is 10.9. The van der Waals surface area contributed by atoms with Gasteiger partial charge in [-0.15, -0.1) is 12.3 Å². The Morgan fingerprint density at radius 3 is 2.74 bits per heavy atom. The standard InChI is InChI=1S/C14H22N4O4S/c1-3-4-7-14(17-18-14)8-10-15-12(19)13(11-22-2)6-5-9-16-23(13,20)21/h1,16H,4-11H2,2H3,(H,15,19). The molecule has 2 N–H and O–H groups in total. The van der Waals surface area contributed by atoms with Crippen LogP contribution in [0.3, 0.4) is 0 Å². The van der Waals surface area contributed by atoms with E-state index in [1.165, 1.54) is 7.11 Å². The second-order valence-corrected chi connectivity index (χ2v) is 7.90. The summed E-state index contributed by atoms with van der Waals surface area (Å²) in [5, 5.41) is 10.7. The Bertz CT molecular complexity index is 615. The molecule has 1 saturated heterocycles. The number of carbonyl (C=O) groups excluding carboxylic acids is 1. The molecule has 9 heteroatoms. The predicted octanol–water partition coefficient (Wildman–Crippen LogP) is 0.167. The number of hydrogen-bond acceptors (Lipinski definition) is 6. The Labute approximate surface area is 136 Å². The molecular weight excluding hydrogens is 320 g/mol. The molecule has 0 bridgehead atoms. The van der Waals surface area contributed by atoms with E-state index in [1.54, 1.807) is 0 Å². The smallest absolute Gasteiger partial charge is 0.245 e. The van der Waals surface area contributed by atoms with Crippen LogP contribution in [0.5, 0.6) is 0 Å². The number of nitrogens with one attached hydrogen (secondary N) is 2. The third kappa shape index (κ3) is 3.71. The molecule has 0 aliphatic carbocycles. The number of carbonyl (C=O) groups is 1. The first-order valence-corrected chi connectivity index (χ1v) is 9.04.